The van der Waals surface area contributed by atoms with Crippen molar-refractivity contribution in [2.75, 3.05) is 0 Å². The molecule has 0 fully saturated rings. The number of nitrogens with one attached hydrogen (secondary N) is 1. The smallest absolute Gasteiger partial charge is 0.335 e. The van der Waals surface area contributed by atoms with E-state index >= 15 is 0 Å². The summed E-state index contributed by atoms with van der Waals surface area (Å²) in [5, 5.41) is 9.19. The molecule has 6 nitrogen and oxygen atoms in total. The van der Waals surface area contributed by atoms with Gasteiger partial charge in [0.15, 0.2) is 0 Å². The number of fused-ring (bicyclic) bond motifs is 3. The minimum absolute atomic E-state index is 0.191. The van der Waals surface area contributed by atoms with Crippen LogP contribution in [0.2, 0.25) is 0 Å². The highest BCUT2D eigenvalue weighted by atomic mass is 16.4. The molecule has 6 heteroatoms. The van der Waals surface area contributed by atoms with Gasteiger partial charge in [0.25, 0.3) is 5.56 Å². The number of unbranched alkanes of at least 4 members (excludes halogenated alkanes) is 3. The van der Waals surface area contributed by atoms with Crippen molar-refractivity contribution in [2.24, 2.45) is 0 Å². The van der Waals surface area contributed by atoms with Crippen LogP contribution in [-0.4, -0.2) is 25.4 Å². The van der Waals surface area contributed by atoms with Crippen LogP contribution in [0.5, 0.6) is 0 Å². The van der Waals surface area contributed by atoms with E-state index in [4.69, 9.17) is 0 Å². The lowest BCUT2D eigenvalue weighted by Crippen LogP contribution is -2.12. The zero-order chi connectivity index (χ0) is 16.4. The fraction of sp³-hybridized carbons (Fsp3) is 0.353. The Labute approximate surface area is 132 Å². The lowest BCUT2D eigenvalue weighted by molar-refractivity contribution is 0.0697. The summed E-state index contributed by atoms with van der Waals surface area (Å²) in [7, 11) is 0. The van der Waals surface area contributed by atoms with Crippen LogP contribution in [0.25, 0.3) is 16.6 Å². The highest BCUT2D eigenvalue weighted by molar-refractivity contribution is 5.92. The summed E-state index contributed by atoms with van der Waals surface area (Å²) < 4.78 is 1.78. The Hall–Kier alpha value is -2.63. The van der Waals surface area contributed by atoms with E-state index in [1.54, 1.807) is 22.7 Å². The first kappa shape index (κ1) is 15.3. The van der Waals surface area contributed by atoms with Crippen LogP contribution in [0.3, 0.4) is 0 Å². The fourth-order valence-electron chi connectivity index (χ4n) is 2.85. The third-order valence-electron chi connectivity index (χ3n) is 4.06. The maximum atomic E-state index is 12.2. The average Bonchev–Trinajstić information content (AvgIpc) is 2.96. The molecular formula is C17H19N3O3. The van der Waals surface area contributed by atoms with Gasteiger partial charge in [0.1, 0.15) is 11.3 Å². The number of benzene rings is 1. The Balaban J connectivity index is 2.14. The highest BCUT2D eigenvalue weighted by Crippen LogP contribution is 2.18. The quantitative estimate of drug-likeness (QED) is 0.685. The molecule has 0 amide bonds. The first-order chi connectivity index (χ1) is 11.1. The van der Waals surface area contributed by atoms with E-state index in [2.05, 4.69) is 16.9 Å². The fourth-order valence-corrected chi connectivity index (χ4v) is 2.85. The number of carbonyl (C=O) groups is 1. The number of aromatic carboxylic acids is 1. The van der Waals surface area contributed by atoms with E-state index in [0.29, 0.717) is 16.6 Å². The third-order valence-corrected chi connectivity index (χ3v) is 4.06. The number of imidazole rings is 1. The molecule has 0 spiro atoms. The Kier molecular flexibility index (Phi) is 4.14. The monoisotopic (exact) mass is 313 g/mol. The Morgan fingerprint density at radius 2 is 2.09 bits per heavy atom. The topological polar surface area (TPSA) is 87.5 Å². The van der Waals surface area contributed by atoms with Crippen LogP contribution in [-0.2, 0) is 6.42 Å². The Morgan fingerprint density at radius 1 is 1.26 bits per heavy atom. The average molecular weight is 313 g/mol. The molecule has 3 aromatic rings. The summed E-state index contributed by atoms with van der Waals surface area (Å²) >= 11 is 0. The predicted molar refractivity (Wildman–Crippen MR) is 88.1 cm³/mol. The minimum atomic E-state index is -0.990. The molecule has 0 atom stereocenters. The van der Waals surface area contributed by atoms with E-state index in [1.165, 1.54) is 12.5 Å². The molecule has 2 N–H and O–H groups in total. The molecule has 0 aliphatic heterocycles. The molecule has 0 saturated carbocycles. The van der Waals surface area contributed by atoms with Crippen LogP contribution < -0.4 is 5.56 Å². The van der Waals surface area contributed by atoms with Gasteiger partial charge in [-0.15, -0.1) is 0 Å². The Morgan fingerprint density at radius 3 is 2.83 bits per heavy atom. The molecule has 23 heavy (non-hydrogen) atoms. The predicted octanol–water partition coefficient (Wildman–Crippen LogP) is 3.00. The van der Waals surface area contributed by atoms with Gasteiger partial charge in [-0.3, -0.25) is 9.20 Å². The number of rotatable bonds is 6. The van der Waals surface area contributed by atoms with E-state index in [9.17, 15) is 14.7 Å². The minimum Gasteiger partial charge on any atom is -0.478 e. The van der Waals surface area contributed by atoms with Gasteiger partial charge in [0.05, 0.1) is 22.8 Å². The van der Waals surface area contributed by atoms with Gasteiger partial charge >= 0.3 is 5.97 Å². The van der Waals surface area contributed by atoms with Gasteiger partial charge in [0, 0.05) is 6.42 Å². The van der Waals surface area contributed by atoms with Crippen molar-refractivity contribution in [1.82, 2.24) is 14.4 Å². The molecule has 0 aliphatic carbocycles. The van der Waals surface area contributed by atoms with Gasteiger partial charge < -0.3 is 10.1 Å². The van der Waals surface area contributed by atoms with E-state index in [-0.39, 0.29) is 11.1 Å². The van der Waals surface area contributed by atoms with Crippen LogP contribution >= 0.6 is 0 Å². The third kappa shape index (κ3) is 2.84. The number of aromatic nitrogens is 3. The van der Waals surface area contributed by atoms with E-state index in [1.807, 2.05) is 0 Å². The normalized spacial score (nSPS) is 11.3. The van der Waals surface area contributed by atoms with Crippen molar-refractivity contribution < 1.29 is 9.90 Å². The van der Waals surface area contributed by atoms with Crippen molar-refractivity contribution in [3.8, 4) is 0 Å². The number of hydrogen-bond acceptors (Lipinski definition) is 3. The van der Waals surface area contributed by atoms with Crippen molar-refractivity contribution in [1.29, 1.82) is 0 Å². The molecule has 0 radical (unpaired) electrons. The van der Waals surface area contributed by atoms with E-state index < -0.39 is 5.97 Å². The number of aromatic amines is 1. The molecule has 1 aromatic carbocycles. The number of aryl methyl sites for hydroxylation is 1. The lowest BCUT2D eigenvalue weighted by atomic mass is 10.1. The summed E-state index contributed by atoms with van der Waals surface area (Å²) in [4.78, 5) is 30.5. The lowest BCUT2D eigenvalue weighted by Gasteiger charge is -2.07. The molecular weight excluding hydrogens is 294 g/mol. The van der Waals surface area contributed by atoms with Crippen molar-refractivity contribution in [3.05, 3.63) is 46.1 Å². The first-order valence-corrected chi connectivity index (χ1v) is 7.87. The Bertz CT molecular complexity index is 924. The molecule has 0 saturated heterocycles. The standard InChI is InChI=1S/C17H19N3O3/c1-2-3-4-5-6-15-18-10-14-16(21)19-12-8-7-11(17(22)23)9-13(12)20(14)15/h7-10H,2-6H2,1H3,(H,19,21)(H,22,23). The van der Waals surface area contributed by atoms with Crippen LogP contribution in [0, 0.1) is 0 Å². The van der Waals surface area contributed by atoms with Crippen molar-refractivity contribution in [3.63, 3.8) is 0 Å². The summed E-state index contributed by atoms with van der Waals surface area (Å²) in [6.07, 6.45) is 6.78. The molecule has 2 aromatic heterocycles. The van der Waals surface area contributed by atoms with Crippen molar-refractivity contribution >= 4 is 22.5 Å². The molecule has 2 heterocycles. The SMILES string of the molecule is CCCCCCc1ncc2c(=O)[nH]c3ccc(C(=O)O)cc3n12. The van der Waals surface area contributed by atoms with Gasteiger partial charge in [-0.05, 0) is 24.6 Å². The highest BCUT2D eigenvalue weighted by Gasteiger charge is 2.13. The zero-order valence-electron chi connectivity index (χ0n) is 13.0. The second-order valence-electron chi connectivity index (χ2n) is 5.70. The summed E-state index contributed by atoms with van der Waals surface area (Å²) in [5.74, 6) is -0.189. The van der Waals surface area contributed by atoms with Crippen LogP contribution in [0.4, 0.5) is 0 Å². The van der Waals surface area contributed by atoms with Gasteiger partial charge in [-0.1, -0.05) is 26.2 Å². The molecule has 0 bridgehead atoms. The summed E-state index contributed by atoms with van der Waals surface area (Å²) in [6, 6.07) is 4.70. The molecule has 3 rings (SSSR count). The second kappa shape index (κ2) is 6.24. The summed E-state index contributed by atoms with van der Waals surface area (Å²) in [6.45, 7) is 2.16. The summed E-state index contributed by atoms with van der Waals surface area (Å²) in [5.41, 5.74) is 1.71. The molecule has 0 unspecified atom stereocenters. The zero-order valence-corrected chi connectivity index (χ0v) is 13.0. The second-order valence-corrected chi connectivity index (χ2v) is 5.70. The van der Waals surface area contributed by atoms with E-state index in [0.717, 1.165) is 31.5 Å². The van der Waals surface area contributed by atoms with Crippen LogP contribution in [0.1, 0.15) is 48.8 Å². The van der Waals surface area contributed by atoms with Gasteiger partial charge in [0.2, 0.25) is 0 Å². The number of carboxylic acid groups (broad SMARTS) is 1. The van der Waals surface area contributed by atoms with Gasteiger partial charge in [-0.2, -0.15) is 0 Å². The maximum absolute atomic E-state index is 12.2. The number of carboxylic acids is 1. The number of H-pyrrole nitrogens is 1. The number of hydrogen-bond donors (Lipinski definition) is 2. The van der Waals surface area contributed by atoms with Gasteiger partial charge in [-0.25, -0.2) is 9.78 Å². The molecule has 120 valence electrons. The number of nitrogens with zero attached hydrogens (tertiary/aromatic N) is 2. The molecule has 0 aliphatic rings. The maximum Gasteiger partial charge on any atom is 0.335 e. The van der Waals surface area contributed by atoms with Crippen LogP contribution in [0.15, 0.2) is 29.2 Å². The van der Waals surface area contributed by atoms with Crippen molar-refractivity contribution in [2.45, 2.75) is 39.0 Å². The first-order valence-electron chi connectivity index (χ1n) is 7.87. The largest absolute Gasteiger partial charge is 0.478 e.